The fourth-order valence-electron chi connectivity index (χ4n) is 3.98. The van der Waals surface area contributed by atoms with Gasteiger partial charge in [0, 0.05) is 40.2 Å². The zero-order valence-corrected chi connectivity index (χ0v) is 18.5. The first-order chi connectivity index (χ1) is 15.0. The molecule has 0 radical (unpaired) electrons. The predicted molar refractivity (Wildman–Crippen MR) is 123 cm³/mol. The van der Waals surface area contributed by atoms with Gasteiger partial charge in [0.05, 0.1) is 5.56 Å². The molecule has 0 bridgehead atoms. The minimum atomic E-state index is -0.175. The maximum atomic E-state index is 13.2. The molecule has 3 aromatic rings. The van der Waals surface area contributed by atoms with Crippen LogP contribution < -0.4 is 0 Å². The normalized spacial score (nSPS) is 14.3. The maximum absolute atomic E-state index is 13.2. The standard InChI is InChI=1S/C26H22BrNO3/c27-21-12-10-19(11-13-21)25(30)22-8-4-5-9-23(22)26(31)28-16-14-20(15-17-28)24(29)18-6-2-1-3-7-18/h1-13,20H,14-17H2. The van der Waals surface area contributed by atoms with Crippen molar-refractivity contribution in [3.05, 3.63) is 106 Å². The van der Waals surface area contributed by atoms with Crippen molar-refractivity contribution in [3.63, 3.8) is 0 Å². The zero-order valence-electron chi connectivity index (χ0n) is 17.0. The highest BCUT2D eigenvalue weighted by Crippen LogP contribution is 2.25. The lowest BCUT2D eigenvalue weighted by Gasteiger charge is -2.31. The highest BCUT2D eigenvalue weighted by molar-refractivity contribution is 9.10. The molecule has 1 aliphatic heterocycles. The number of benzene rings is 3. The topological polar surface area (TPSA) is 54.5 Å². The molecule has 3 aromatic carbocycles. The van der Waals surface area contributed by atoms with E-state index in [-0.39, 0.29) is 23.4 Å². The molecule has 4 rings (SSSR count). The van der Waals surface area contributed by atoms with Gasteiger partial charge >= 0.3 is 0 Å². The molecule has 1 amide bonds. The number of carbonyl (C=O) groups excluding carboxylic acids is 3. The number of ketones is 2. The van der Waals surface area contributed by atoms with Gasteiger partial charge in [-0.3, -0.25) is 14.4 Å². The van der Waals surface area contributed by atoms with Crippen LogP contribution in [0.1, 0.15) is 49.5 Å². The van der Waals surface area contributed by atoms with E-state index in [1.807, 2.05) is 42.5 Å². The SMILES string of the molecule is O=C(c1ccc(Br)cc1)c1ccccc1C(=O)N1CCC(C(=O)c2ccccc2)CC1. The third-order valence-electron chi connectivity index (χ3n) is 5.72. The van der Waals surface area contributed by atoms with Crippen LogP contribution in [0.4, 0.5) is 0 Å². The molecule has 1 fully saturated rings. The van der Waals surface area contributed by atoms with Crippen LogP contribution in [0.2, 0.25) is 0 Å². The second-order valence-corrected chi connectivity index (χ2v) is 8.59. The van der Waals surface area contributed by atoms with Gasteiger partial charge < -0.3 is 4.90 Å². The molecule has 1 saturated heterocycles. The van der Waals surface area contributed by atoms with Crippen LogP contribution in [0, 0.1) is 5.92 Å². The number of carbonyl (C=O) groups is 3. The molecule has 0 spiro atoms. The van der Waals surface area contributed by atoms with Crippen LogP contribution in [0.3, 0.4) is 0 Å². The Labute approximate surface area is 190 Å². The van der Waals surface area contributed by atoms with Gasteiger partial charge in [-0.2, -0.15) is 0 Å². The number of likely N-dealkylation sites (tertiary alicyclic amines) is 1. The number of halogens is 1. The number of hydrogen-bond donors (Lipinski definition) is 0. The molecule has 31 heavy (non-hydrogen) atoms. The summed E-state index contributed by atoms with van der Waals surface area (Å²) < 4.78 is 0.890. The fourth-order valence-corrected chi connectivity index (χ4v) is 4.24. The second-order valence-electron chi connectivity index (χ2n) is 7.68. The molecular weight excluding hydrogens is 454 g/mol. The first kappa shape index (κ1) is 21.2. The van der Waals surface area contributed by atoms with E-state index in [4.69, 9.17) is 0 Å². The maximum Gasteiger partial charge on any atom is 0.254 e. The number of nitrogens with zero attached hydrogens (tertiary/aromatic N) is 1. The summed E-state index contributed by atoms with van der Waals surface area (Å²) in [5.41, 5.74) is 2.06. The van der Waals surface area contributed by atoms with E-state index in [1.54, 1.807) is 41.3 Å². The van der Waals surface area contributed by atoms with Gasteiger partial charge in [0.25, 0.3) is 5.91 Å². The second kappa shape index (κ2) is 9.40. The number of piperidine rings is 1. The van der Waals surface area contributed by atoms with Gasteiger partial charge in [-0.1, -0.05) is 64.5 Å². The van der Waals surface area contributed by atoms with Crippen molar-refractivity contribution in [2.45, 2.75) is 12.8 Å². The Kier molecular flexibility index (Phi) is 6.42. The van der Waals surface area contributed by atoms with Crippen molar-refractivity contribution in [1.29, 1.82) is 0 Å². The van der Waals surface area contributed by atoms with E-state index in [1.165, 1.54) is 0 Å². The van der Waals surface area contributed by atoms with Crippen molar-refractivity contribution in [2.75, 3.05) is 13.1 Å². The molecule has 0 N–H and O–H groups in total. The van der Waals surface area contributed by atoms with Crippen LogP contribution in [-0.2, 0) is 0 Å². The molecule has 4 nitrogen and oxygen atoms in total. The van der Waals surface area contributed by atoms with Crippen LogP contribution in [0.25, 0.3) is 0 Å². The third kappa shape index (κ3) is 4.67. The summed E-state index contributed by atoms with van der Waals surface area (Å²) in [6.07, 6.45) is 1.25. The quantitative estimate of drug-likeness (QED) is 0.463. The van der Waals surface area contributed by atoms with E-state index in [0.29, 0.717) is 42.6 Å². The highest BCUT2D eigenvalue weighted by atomic mass is 79.9. The molecular formula is C26H22BrNO3. The van der Waals surface area contributed by atoms with Crippen molar-refractivity contribution in [1.82, 2.24) is 4.90 Å². The van der Waals surface area contributed by atoms with Crippen LogP contribution >= 0.6 is 15.9 Å². The summed E-state index contributed by atoms with van der Waals surface area (Å²) in [6.45, 7) is 1.01. The summed E-state index contributed by atoms with van der Waals surface area (Å²) in [6, 6.07) is 23.4. The zero-order chi connectivity index (χ0) is 21.8. The van der Waals surface area contributed by atoms with Gasteiger partial charge in [-0.05, 0) is 43.2 Å². The summed E-state index contributed by atoms with van der Waals surface area (Å²) in [5.74, 6) is -0.276. The number of rotatable bonds is 5. The summed E-state index contributed by atoms with van der Waals surface area (Å²) in [7, 11) is 0. The largest absolute Gasteiger partial charge is 0.339 e. The molecule has 0 atom stereocenters. The smallest absolute Gasteiger partial charge is 0.254 e. The Morgan fingerprint density at radius 1 is 0.710 bits per heavy atom. The fraction of sp³-hybridized carbons (Fsp3) is 0.192. The molecule has 1 aliphatic rings. The van der Waals surface area contributed by atoms with Crippen LogP contribution in [0.5, 0.6) is 0 Å². The lowest BCUT2D eigenvalue weighted by atomic mass is 9.88. The molecule has 0 saturated carbocycles. The van der Waals surface area contributed by atoms with E-state index in [9.17, 15) is 14.4 Å². The van der Waals surface area contributed by atoms with E-state index < -0.39 is 0 Å². The van der Waals surface area contributed by atoms with Crippen molar-refractivity contribution in [2.24, 2.45) is 5.92 Å². The molecule has 0 aromatic heterocycles. The average molecular weight is 476 g/mol. The molecule has 156 valence electrons. The summed E-state index contributed by atoms with van der Waals surface area (Å²) in [5, 5.41) is 0. The Morgan fingerprint density at radius 2 is 1.29 bits per heavy atom. The lowest BCUT2D eigenvalue weighted by molar-refractivity contribution is 0.0648. The average Bonchev–Trinajstić information content (AvgIpc) is 2.84. The first-order valence-corrected chi connectivity index (χ1v) is 11.1. The monoisotopic (exact) mass is 475 g/mol. The van der Waals surface area contributed by atoms with Gasteiger partial charge in [-0.15, -0.1) is 0 Å². The molecule has 0 unspecified atom stereocenters. The Morgan fingerprint density at radius 3 is 1.94 bits per heavy atom. The molecule has 1 heterocycles. The van der Waals surface area contributed by atoms with Crippen LogP contribution in [0.15, 0.2) is 83.3 Å². The molecule has 0 aliphatic carbocycles. The van der Waals surface area contributed by atoms with Crippen molar-refractivity contribution < 1.29 is 14.4 Å². The van der Waals surface area contributed by atoms with E-state index >= 15 is 0 Å². The van der Waals surface area contributed by atoms with Gasteiger partial charge in [0.15, 0.2) is 11.6 Å². The van der Waals surface area contributed by atoms with Crippen molar-refractivity contribution in [3.8, 4) is 0 Å². The highest BCUT2D eigenvalue weighted by Gasteiger charge is 2.30. The van der Waals surface area contributed by atoms with Gasteiger partial charge in [-0.25, -0.2) is 0 Å². The minimum Gasteiger partial charge on any atom is -0.339 e. The third-order valence-corrected chi connectivity index (χ3v) is 6.25. The number of amides is 1. The van der Waals surface area contributed by atoms with Gasteiger partial charge in [0.1, 0.15) is 0 Å². The van der Waals surface area contributed by atoms with E-state index in [2.05, 4.69) is 15.9 Å². The molecule has 5 heteroatoms. The van der Waals surface area contributed by atoms with Crippen molar-refractivity contribution >= 4 is 33.4 Å². The number of hydrogen-bond acceptors (Lipinski definition) is 3. The first-order valence-electron chi connectivity index (χ1n) is 10.3. The Balaban J connectivity index is 1.48. The van der Waals surface area contributed by atoms with E-state index in [0.717, 1.165) is 10.0 Å². The van der Waals surface area contributed by atoms with Crippen LogP contribution in [-0.4, -0.2) is 35.5 Å². The number of Topliss-reactive ketones (excluding diaryl/α,β-unsaturated/α-hetero) is 1. The minimum absolute atomic E-state index is 0.0777. The van der Waals surface area contributed by atoms with Gasteiger partial charge in [0.2, 0.25) is 0 Å². The Bertz CT molecular complexity index is 1100. The Hall–Kier alpha value is -3.05. The summed E-state index contributed by atoms with van der Waals surface area (Å²) >= 11 is 3.37. The lowest BCUT2D eigenvalue weighted by Crippen LogP contribution is -2.40. The predicted octanol–water partition coefficient (Wildman–Crippen LogP) is 5.42. The summed E-state index contributed by atoms with van der Waals surface area (Å²) in [4.78, 5) is 40.7.